The molecule has 5 nitrogen and oxygen atoms in total. The van der Waals surface area contributed by atoms with Gasteiger partial charge in [-0.15, -0.1) is 0 Å². The van der Waals surface area contributed by atoms with E-state index in [0.29, 0.717) is 0 Å². The van der Waals surface area contributed by atoms with Gasteiger partial charge >= 0.3 is 0 Å². The van der Waals surface area contributed by atoms with Crippen LogP contribution in [0.4, 0.5) is 5.69 Å². The second-order valence-corrected chi connectivity index (χ2v) is 6.56. The van der Waals surface area contributed by atoms with Crippen LogP contribution in [0.15, 0.2) is 18.2 Å². The summed E-state index contributed by atoms with van der Waals surface area (Å²) in [6.45, 7) is 6.49. The van der Waals surface area contributed by atoms with Crippen LogP contribution < -0.4 is 5.32 Å². The number of aromatic amines is 1. The van der Waals surface area contributed by atoms with Crippen LogP contribution in [0.25, 0.3) is 11.0 Å². The Kier molecular flexibility index (Phi) is 3.45. The summed E-state index contributed by atoms with van der Waals surface area (Å²) < 4.78 is 5.64. The van der Waals surface area contributed by atoms with E-state index >= 15 is 0 Å². The first-order valence-corrected chi connectivity index (χ1v) is 7.36. The number of nitrogens with zero attached hydrogens (tertiary/aromatic N) is 1. The highest BCUT2D eigenvalue weighted by atomic mass is 16.5. The second kappa shape index (κ2) is 5.15. The van der Waals surface area contributed by atoms with Gasteiger partial charge in [-0.1, -0.05) is 20.8 Å². The standard InChI is InChI=1S/C16H21N3O2/c1-16(2,3)15(20)17-10-6-7-11-12(9-10)19-14(18-11)13-5-4-8-21-13/h6-7,9,13H,4-5,8H2,1-3H3,(H,17,20)(H,18,19)/t13-/m1/s1. The van der Waals surface area contributed by atoms with E-state index in [0.717, 1.165) is 42.0 Å². The number of hydrogen-bond acceptors (Lipinski definition) is 3. The molecule has 1 fully saturated rings. The topological polar surface area (TPSA) is 67.0 Å². The average Bonchev–Trinajstić information content (AvgIpc) is 3.05. The maximum Gasteiger partial charge on any atom is 0.229 e. The molecule has 5 heteroatoms. The Labute approximate surface area is 124 Å². The number of nitrogens with one attached hydrogen (secondary N) is 2. The predicted octanol–water partition coefficient (Wildman–Crippen LogP) is 3.40. The summed E-state index contributed by atoms with van der Waals surface area (Å²) in [5.74, 6) is 0.877. The number of benzene rings is 1. The fraction of sp³-hybridized carbons (Fsp3) is 0.500. The molecule has 21 heavy (non-hydrogen) atoms. The fourth-order valence-corrected chi connectivity index (χ4v) is 2.37. The van der Waals surface area contributed by atoms with E-state index < -0.39 is 5.41 Å². The van der Waals surface area contributed by atoms with Crippen molar-refractivity contribution in [1.82, 2.24) is 9.97 Å². The SMILES string of the molecule is CC(C)(C)C(=O)Nc1ccc2nc([C@H]3CCCO3)[nH]c2c1. The Morgan fingerprint density at radius 3 is 2.90 bits per heavy atom. The second-order valence-electron chi connectivity index (χ2n) is 6.56. The third-order valence-electron chi connectivity index (χ3n) is 3.67. The van der Waals surface area contributed by atoms with Gasteiger partial charge < -0.3 is 15.0 Å². The van der Waals surface area contributed by atoms with Crippen molar-refractivity contribution < 1.29 is 9.53 Å². The highest BCUT2D eigenvalue weighted by Gasteiger charge is 2.22. The van der Waals surface area contributed by atoms with Gasteiger partial charge in [0.05, 0.1) is 11.0 Å². The molecular weight excluding hydrogens is 266 g/mol. The van der Waals surface area contributed by atoms with Crippen LogP contribution in [0.1, 0.15) is 45.5 Å². The van der Waals surface area contributed by atoms with E-state index in [1.807, 2.05) is 39.0 Å². The molecule has 0 bridgehead atoms. The van der Waals surface area contributed by atoms with Crippen molar-refractivity contribution in [2.24, 2.45) is 5.41 Å². The number of amides is 1. The lowest BCUT2D eigenvalue weighted by Crippen LogP contribution is -2.27. The molecule has 0 aliphatic carbocycles. The van der Waals surface area contributed by atoms with Gasteiger partial charge in [0.25, 0.3) is 0 Å². The zero-order valence-corrected chi connectivity index (χ0v) is 12.7. The van der Waals surface area contributed by atoms with Crippen LogP contribution in [-0.4, -0.2) is 22.5 Å². The molecular formula is C16H21N3O2. The molecule has 1 saturated heterocycles. The monoisotopic (exact) mass is 287 g/mol. The summed E-state index contributed by atoms with van der Waals surface area (Å²) in [6, 6.07) is 5.72. The largest absolute Gasteiger partial charge is 0.370 e. The number of H-pyrrole nitrogens is 1. The van der Waals surface area contributed by atoms with Gasteiger partial charge in [-0.3, -0.25) is 4.79 Å². The van der Waals surface area contributed by atoms with E-state index in [1.54, 1.807) is 0 Å². The summed E-state index contributed by atoms with van der Waals surface area (Å²) >= 11 is 0. The molecule has 3 rings (SSSR count). The number of imidazole rings is 1. The van der Waals surface area contributed by atoms with Crippen molar-refractivity contribution in [2.75, 3.05) is 11.9 Å². The van der Waals surface area contributed by atoms with Gasteiger partial charge in [0.15, 0.2) is 0 Å². The van der Waals surface area contributed by atoms with Gasteiger partial charge in [-0.2, -0.15) is 0 Å². The summed E-state index contributed by atoms with van der Waals surface area (Å²) in [5.41, 5.74) is 2.19. The van der Waals surface area contributed by atoms with Crippen LogP contribution in [0, 0.1) is 5.41 Å². The molecule has 0 radical (unpaired) electrons. The molecule has 0 saturated carbocycles. The molecule has 1 aromatic carbocycles. The quantitative estimate of drug-likeness (QED) is 0.889. The molecule has 1 aliphatic heterocycles. The number of aromatic nitrogens is 2. The normalized spacial score (nSPS) is 19.1. The zero-order valence-electron chi connectivity index (χ0n) is 12.7. The van der Waals surface area contributed by atoms with Crippen LogP contribution >= 0.6 is 0 Å². The van der Waals surface area contributed by atoms with Crippen LogP contribution in [-0.2, 0) is 9.53 Å². The number of anilines is 1. The molecule has 0 unspecified atom stereocenters. The molecule has 112 valence electrons. The predicted molar refractivity (Wildman–Crippen MR) is 82.1 cm³/mol. The van der Waals surface area contributed by atoms with Crippen LogP contribution in [0.5, 0.6) is 0 Å². The average molecular weight is 287 g/mol. The lowest BCUT2D eigenvalue weighted by molar-refractivity contribution is -0.123. The first-order valence-electron chi connectivity index (χ1n) is 7.36. The minimum atomic E-state index is -0.411. The maximum atomic E-state index is 12.0. The minimum absolute atomic E-state index is 0.000662. The Morgan fingerprint density at radius 1 is 1.43 bits per heavy atom. The Morgan fingerprint density at radius 2 is 2.24 bits per heavy atom. The Balaban J connectivity index is 1.84. The van der Waals surface area contributed by atoms with Gasteiger partial charge in [-0.05, 0) is 31.0 Å². The molecule has 2 N–H and O–H groups in total. The van der Waals surface area contributed by atoms with E-state index in [2.05, 4.69) is 15.3 Å². The number of carbonyl (C=O) groups excluding carboxylic acids is 1. The van der Waals surface area contributed by atoms with Crippen molar-refractivity contribution in [3.05, 3.63) is 24.0 Å². The molecule has 1 aliphatic rings. The third kappa shape index (κ3) is 2.93. The fourth-order valence-electron chi connectivity index (χ4n) is 2.37. The van der Waals surface area contributed by atoms with E-state index in [4.69, 9.17) is 4.74 Å². The minimum Gasteiger partial charge on any atom is -0.370 e. The summed E-state index contributed by atoms with van der Waals surface area (Å²) in [7, 11) is 0. The first kappa shape index (κ1) is 14.1. The molecule has 1 aromatic heterocycles. The number of hydrogen-bond donors (Lipinski definition) is 2. The molecule has 0 spiro atoms. The molecule has 1 atom stereocenters. The summed E-state index contributed by atoms with van der Waals surface area (Å²) in [5, 5.41) is 2.93. The van der Waals surface area contributed by atoms with Gasteiger partial charge in [0.1, 0.15) is 11.9 Å². The summed E-state index contributed by atoms with van der Waals surface area (Å²) in [4.78, 5) is 19.9. The van der Waals surface area contributed by atoms with Crippen molar-refractivity contribution in [2.45, 2.75) is 39.7 Å². The van der Waals surface area contributed by atoms with Crippen molar-refractivity contribution in [3.63, 3.8) is 0 Å². The first-order chi connectivity index (χ1) is 9.93. The van der Waals surface area contributed by atoms with Crippen LogP contribution in [0.2, 0.25) is 0 Å². The zero-order chi connectivity index (χ0) is 15.0. The van der Waals surface area contributed by atoms with E-state index in [-0.39, 0.29) is 12.0 Å². The highest BCUT2D eigenvalue weighted by Crippen LogP contribution is 2.29. The maximum absolute atomic E-state index is 12.0. The van der Waals surface area contributed by atoms with Crippen molar-refractivity contribution in [3.8, 4) is 0 Å². The third-order valence-corrected chi connectivity index (χ3v) is 3.67. The highest BCUT2D eigenvalue weighted by molar-refractivity contribution is 5.96. The van der Waals surface area contributed by atoms with E-state index in [1.165, 1.54) is 0 Å². The number of ether oxygens (including phenoxy) is 1. The lowest BCUT2D eigenvalue weighted by atomic mass is 9.95. The molecule has 2 aromatic rings. The lowest BCUT2D eigenvalue weighted by Gasteiger charge is -2.17. The van der Waals surface area contributed by atoms with Gasteiger partial charge in [0, 0.05) is 17.7 Å². The van der Waals surface area contributed by atoms with Crippen LogP contribution in [0.3, 0.4) is 0 Å². The summed E-state index contributed by atoms with van der Waals surface area (Å²) in [6.07, 6.45) is 2.16. The smallest absolute Gasteiger partial charge is 0.229 e. The Bertz CT molecular complexity index is 664. The number of rotatable bonds is 2. The van der Waals surface area contributed by atoms with E-state index in [9.17, 15) is 4.79 Å². The molecule has 1 amide bonds. The van der Waals surface area contributed by atoms with Gasteiger partial charge in [-0.25, -0.2) is 4.98 Å². The Hall–Kier alpha value is -1.88. The van der Waals surface area contributed by atoms with Gasteiger partial charge in [0.2, 0.25) is 5.91 Å². The number of fused-ring (bicyclic) bond motifs is 1. The van der Waals surface area contributed by atoms with Crippen molar-refractivity contribution >= 4 is 22.6 Å². The number of carbonyl (C=O) groups is 1. The van der Waals surface area contributed by atoms with Crippen molar-refractivity contribution in [1.29, 1.82) is 0 Å². The molecule has 2 heterocycles.